The van der Waals surface area contributed by atoms with Crippen LogP contribution in [0.4, 0.5) is 11.6 Å². The SMILES string of the molecule is c1nc(N2CCOCC2)cc(N2CCN(C3CCCCC3)CC2)n1. The third kappa shape index (κ3) is 3.64. The third-order valence-corrected chi connectivity index (χ3v) is 5.70. The van der Waals surface area contributed by atoms with E-state index in [2.05, 4.69) is 30.7 Å². The Balaban J connectivity index is 1.36. The van der Waals surface area contributed by atoms with Crippen molar-refractivity contribution in [3.05, 3.63) is 12.4 Å². The first-order valence-corrected chi connectivity index (χ1v) is 9.54. The van der Waals surface area contributed by atoms with Crippen molar-refractivity contribution in [2.45, 2.75) is 38.1 Å². The molecule has 1 aromatic heterocycles. The number of aromatic nitrogens is 2. The summed E-state index contributed by atoms with van der Waals surface area (Å²) in [5, 5.41) is 0. The number of hydrogen-bond donors (Lipinski definition) is 0. The van der Waals surface area contributed by atoms with Gasteiger partial charge in [0.2, 0.25) is 0 Å². The predicted octanol–water partition coefficient (Wildman–Crippen LogP) is 1.77. The van der Waals surface area contributed by atoms with E-state index >= 15 is 0 Å². The van der Waals surface area contributed by atoms with Crippen LogP contribution in [0, 0.1) is 0 Å². The highest BCUT2D eigenvalue weighted by molar-refractivity contribution is 5.50. The predicted molar refractivity (Wildman–Crippen MR) is 95.7 cm³/mol. The molecule has 1 aromatic rings. The van der Waals surface area contributed by atoms with Crippen LogP contribution in [0.5, 0.6) is 0 Å². The summed E-state index contributed by atoms with van der Waals surface area (Å²) in [6.45, 7) is 7.92. The molecule has 1 aliphatic carbocycles. The largest absolute Gasteiger partial charge is 0.378 e. The van der Waals surface area contributed by atoms with Crippen LogP contribution in [0.15, 0.2) is 12.4 Å². The lowest BCUT2D eigenvalue weighted by Gasteiger charge is -2.41. The molecular weight excluding hydrogens is 302 g/mol. The zero-order valence-electron chi connectivity index (χ0n) is 14.6. The number of ether oxygens (including phenoxy) is 1. The monoisotopic (exact) mass is 331 g/mol. The van der Waals surface area contributed by atoms with Crippen LogP contribution in [-0.2, 0) is 4.74 Å². The molecule has 3 fully saturated rings. The van der Waals surface area contributed by atoms with E-state index in [1.807, 2.05) is 0 Å². The van der Waals surface area contributed by atoms with Crippen molar-refractivity contribution >= 4 is 11.6 Å². The van der Waals surface area contributed by atoms with Gasteiger partial charge in [-0.1, -0.05) is 19.3 Å². The summed E-state index contributed by atoms with van der Waals surface area (Å²) in [7, 11) is 0. The van der Waals surface area contributed by atoms with E-state index in [9.17, 15) is 0 Å². The molecule has 6 nitrogen and oxygen atoms in total. The molecule has 2 saturated heterocycles. The van der Waals surface area contributed by atoms with E-state index < -0.39 is 0 Å². The minimum Gasteiger partial charge on any atom is -0.378 e. The second-order valence-electron chi connectivity index (χ2n) is 7.15. The Kier molecular flexibility index (Phi) is 5.13. The summed E-state index contributed by atoms with van der Waals surface area (Å²) in [5.41, 5.74) is 0. The van der Waals surface area contributed by atoms with Crippen LogP contribution < -0.4 is 9.80 Å². The quantitative estimate of drug-likeness (QED) is 0.841. The Morgan fingerprint density at radius 1 is 0.792 bits per heavy atom. The first-order chi connectivity index (χ1) is 11.9. The first-order valence-electron chi connectivity index (χ1n) is 9.54. The molecule has 0 spiro atoms. The van der Waals surface area contributed by atoms with Crippen LogP contribution in [-0.4, -0.2) is 73.4 Å². The Bertz CT molecular complexity index is 520. The average Bonchev–Trinajstić information content (AvgIpc) is 2.70. The van der Waals surface area contributed by atoms with Crippen LogP contribution >= 0.6 is 0 Å². The van der Waals surface area contributed by atoms with Gasteiger partial charge in [0.1, 0.15) is 18.0 Å². The molecule has 0 N–H and O–H groups in total. The van der Waals surface area contributed by atoms with Gasteiger partial charge >= 0.3 is 0 Å². The lowest BCUT2D eigenvalue weighted by atomic mass is 9.94. The molecule has 24 heavy (non-hydrogen) atoms. The molecule has 6 heteroatoms. The van der Waals surface area contributed by atoms with Crippen molar-refractivity contribution in [1.29, 1.82) is 0 Å². The number of rotatable bonds is 3. The summed E-state index contributed by atoms with van der Waals surface area (Å²) in [5.74, 6) is 2.12. The fourth-order valence-corrected chi connectivity index (χ4v) is 4.24. The number of piperazine rings is 1. The molecule has 0 radical (unpaired) electrons. The lowest BCUT2D eigenvalue weighted by Crippen LogP contribution is -2.51. The zero-order chi connectivity index (χ0) is 16.2. The lowest BCUT2D eigenvalue weighted by molar-refractivity contribution is 0.122. The summed E-state index contributed by atoms with van der Waals surface area (Å²) in [4.78, 5) is 16.4. The van der Waals surface area contributed by atoms with Crippen molar-refractivity contribution in [2.24, 2.45) is 0 Å². The minimum absolute atomic E-state index is 0.791. The highest BCUT2D eigenvalue weighted by Gasteiger charge is 2.26. The van der Waals surface area contributed by atoms with Gasteiger partial charge in [-0.3, -0.25) is 4.90 Å². The van der Waals surface area contributed by atoms with Gasteiger partial charge in [-0.2, -0.15) is 0 Å². The second-order valence-corrected chi connectivity index (χ2v) is 7.15. The second kappa shape index (κ2) is 7.66. The molecule has 4 rings (SSSR count). The molecule has 0 unspecified atom stereocenters. The van der Waals surface area contributed by atoms with Crippen LogP contribution in [0.25, 0.3) is 0 Å². The number of nitrogens with zero attached hydrogens (tertiary/aromatic N) is 5. The van der Waals surface area contributed by atoms with Crippen molar-refractivity contribution in [3.63, 3.8) is 0 Å². The molecule has 1 saturated carbocycles. The fourth-order valence-electron chi connectivity index (χ4n) is 4.24. The van der Waals surface area contributed by atoms with E-state index in [1.54, 1.807) is 6.33 Å². The van der Waals surface area contributed by atoms with Crippen molar-refractivity contribution in [2.75, 3.05) is 62.3 Å². The average molecular weight is 331 g/mol. The van der Waals surface area contributed by atoms with E-state index in [0.29, 0.717) is 0 Å². The summed E-state index contributed by atoms with van der Waals surface area (Å²) in [6.07, 6.45) is 8.78. The van der Waals surface area contributed by atoms with Crippen LogP contribution in [0.1, 0.15) is 32.1 Å². The van der Waals surface area contributed by atoms with Crippen LogP contribution in [0.3, 0.4) is 0 Å². The molecule has 132 valence electrons. The van der Waals surface area contributed by atoms with Gasteiger partial charge in [-0.25, -0.2) is 9.97 Å². The topological polar surface area (TPSA) is 44.7 Å². The molecule has 2 aliphatic heterocycles. The maximum atomic E-state index is 5.44. The Morgan fingerprint density at radius 3 is 2.08 bits per heavy atom. The molecule has 3 aliphatic rings. The van der Waals surface area contributed by atoms with Gasteiger partial charge in [-0.15, -0.1) is 0 Å². The van der Waals surface area contributed by atoms with Gasteiger partial charge < -0.3 is 14.5 Å². The fraction of sp³-hybridized carbons (Fsp3) is 0.778. The summed E-state index contributed by atoms with van der Waals surface area (Å²) in [6, 6.07) is 2.98. The van der Waals surface area contributed by atoms with Gasteiger partial charge in [0, 0.05) is 51.4 Å². The smallest absolute Gasteiger partial charge is 0.134 e. The maximum Gasteiger partial charge on any atom is 0.134 e. The molecule has 3 heterocycles. The van der Waals surface area contributed by atoms with E-state index in [1.165, 1.54) is 45.2 Å². The zero-order valence-corrected chi connectivity index (χ0v) is 14.6. The summed E-state index contributed by atoms with van der Waals surface area (Å²) < 4.78 is 5.44. The number of anilines is 2. The number of hydrogen-bond acceptors (Lipinski definition) is 6. The molecule has 0 atom stereocenters. The highest BCUT2D eigenvalue weighted by atomic mass is 16.5. The Hall–Kier alpha value is -1.40. The first kappa shape index (κ1) is 16.1. The van der Waals surface area contributed by atoms with Crippen molar-refractivity contribution in [1.82, 2.24) is 14.9 Å². The highest BCUT2D eigenvalue weighted by Crippen LogP contribution is 2.25. The van der Waals surface area contributed by atoms with Gasteiger partial charge in [0.15, 0.2) is 0 Å². The minimum atomic E-state index is 0.791. The summed E-state index contributed by atoms with van der Waals surface area (Å²) >= 11 is 0. The Morgan fingerprint density at radius 2 is 1.42 bits per heavy atom. The van der Waals surface area contributed by atoms with E-state index in [4.69, 9.17) is 4.74 Å². The van der Waals surface area contributed by atoms with Crippen molar-refractivity contribution < 1.29 is 4.74 Å². The van der Waals surface area contributed by atoms with Gasteiger partial charge in [0.25, 0.3) is 0 Å². The van der Waals surface area contributed by atoms with E-state index in [-0.39, 0.29) is 0 Å². The van der Waals surface area contributed by atoms with Gasteiger partial charge in [0.05, 0.1) is 13.2 Å². The van der Waals surface area contributed by atoms with Crippen LogP contribution in [0.2, 0.25) is 0 Å². The van der Waals surface area contributed by atoms with E-state index in [0.717, 1.165) is 57.1 Å². The molecule has 0 aromatic carbocycles. The number of morpholine rings is 1. The van der Waals surface area contributed by atoms with Crippen molar-refractivity contribution in [3.8, 4) is 0 Å². The standard InChI is InChI=1S/C18H29N5O/c1-2-4-16(5-3-1)21-6-8-22(9-7-21)17-14-18(20-15-19-17)23-10-12-24-13-11-23/h14-16H,1-13H2. The Labute approximate surface area is 144 Å². The molecular formula is C18H29N5O. The normalized spacial score (nSPS) is 24.3. The molecule has 0 bridgehead atoms. The maximum absolute atomic E-state index is 5.44. The third-order valence-electron chi connectivity index (χ3n) is 5.70. The van der Waals surface area contributed by atoms with Gasteiger partial charge in [-0.05, 0) is 12.8 Å². The molecule has 0 amide bonds.